The Morgan fingerprint density at radius 2 is 2.05 bits per heavy atom. The summed E-state index contributed by atoms with van der Waals surface area (Å²) in [6.07, 6.45) is 0. The van der Waals surface area contributed by atoms with Gasteiger partial charge >= 0.3 is 6.03 Å². The number of halogens is 2. The number of ether oxygens (including phenoxy) is 1. The van der Waals surface area contributed by atoms with E-state index in [1.54, 1.807) is 31.4 Å². The lowest BCUT2D eigenvalue weighted by atomic mass is 10.3. The molecule has 2 rings (SSSR count). The topological polar surface area (TPSA) is 62.4 Å². The minimum Gasteiger partial charge on any atom is -0.497 e. The van der Waals surface area contributed by atoms with Crippen molar-refractivity contribution in [3.05, 3.63) is 52.8 Å². The van der Waals surface area contributed by atoms with E-state index in [0.717, 1.165) is 0 Å². The summed E-state index contributed by atoms with van der Waals surface area (Å²) < 4.78 is 18.5. The zero-order valence-electron chi connectivity index (χ0n) is 11.1. The van der Waals surface area contributed by atoms with Gasteiger partial charge < -0.3 is 10.1 Å². The summed E-state index contributed by atoms with van der Waals surface area (Å²) in [7, 11) is 1.55. The Bertz CT molecular complexity index is 652. The smallest absolute Gasteiger partial charge is 0.337 e. The summed E-state index contributed by atoms with van der Waals surface area (Å²) >= 11 is 3.19. The van der Waals surface area contributed by atoms with Crippen LogP contribution in [0, 0.1) is 5.82 Å². The van der Waals surface area contributed by atoms with E-state index in [0.29, 0.717) is 21.6 Å². The van der Waals surface area contributed by atoms with E-state index in [4.69, 9.17) is 4.74 Å². The van der Waals surface area contributed by atoms with E-state index >= 15 is 0 Å². The van der Waals surface area contributed by atoms with Crippen LogP contribution >= 0.6 is 15.9 Å². The van der Waals surface area contributed by atoms with Crippen molar-refractivity contribution < 1.29 is 13.9 Å². The van der Waals surface area contributed by atoms with E-state index in [1.165, 1.54) is 18.2 Å². The molecule has 0 spiro atoms. The van der Waals surface area contributed by atoms with Crippen molar-refractivity contribution in [3.63, 3.8) is 0 Å². The first-order chi connectivity index (χ1) is 10.1. The quantitative estimate of drug-likeness (QED) is 0.733. The van der Waals surface area contributed by atoms with Gasteiger partial charge in [-0.3, -0.25) is 10.9 Å². The summed E-state index contributed by atoms with van der Waals surface area (Å²) in [5.74, 6) is 0.273. The summed E-state index contributed by atoms with van der Waals surface area (Å²) in [5.41, 5.74) is 6.26. The van der Waals surface area contributed by atoms with Gasteiger partial charge in [0.15, 0.2) is 0 Å². The molecule has 0 aliphatic heterocycles. The number of nitrogens with one attached hydrogen (secondary N) is 3. The second kappa shape index (κ2) is 6.94. The van der Waals surface area contributed by atoms with Crippen LogP contribution in [0.5, 0.6) is 5.75 Å². The van der Waals surface area contributed by atoms with Crippen molar-refractivity contribution in [2.45, 2.75) is 0 Å². The van der Waals surface area contributed by atoms with Gasteiger partial charge in [-0.25, -0.2) is 9.18 Å². The van der Waals surface area contributed by atoms with Crippen molar-refractivity contribution in [3.8, 4) is 5.75 Å². The highest BCUT2D eigenvalue weighted by molar-refractivity contribution is 9.10. The van der Waals surface area contributed by atoms with Crippen LogP contribution in [0.1, 0.15) is 0 Å². The second-order valence-electron chi connectivity index (χ2n) is 4.06. The number of hydrazine groups is 1. The molecule has 2 aromatic carbocycles. The number of carbonyl (C=O) groups is 1. The number of methoxy groups -OCH3 is 1. The number of hydrogen-bond acceptors (Lipinski definition) is 3. The van der Waals surface area contributed by atoms with Gasteiger partial charge in [-0.15, -0.1) is 0 Å². The van der Waals surface area contributed by atoms with Crippen LogP contribution in [0.2, 0.25) is 0 Å². The van der Waals surface area contributed by atoms with Gasteiger partial charge in [0.2, 0.25) is 0 Å². The molecule has 0 radical (unpaired) electrons. The van der Waals surface area contributed by atoms with Crippen molar-refractivity contribution in [2.24, 2.45) is 0 Å². The van der Waals surface area contributed by atoms with E-state index in [1.807, 2.05) is 0 Å². The molecule has 0 fully saturated rings. The number of anilines is 2. The summed E-state index contributed by atoms with van der Waals surface area (Å²) in [5, 5.41) is 2.64. The minimum atomic E-state index is -0.459. The Balaban J connectivity index is 1.92. The highest BCUT2D eigenvalue weighted by atomic mass is 79.9. The normalized spacial score (nSPS) is 9.86. The molecule has 7 heteroatoms. The van der Waals surface area contributed by atoms with Gasteiger partial charge in [0, 0.05) is 16.2 Å². The first-order valence-electron chi connectivity index (χ1n) is 6.00. The van der Waals surface area contributed by atoms with Crippen LogP contribution in [0.4, 0.5) is 20.6 Å². The van der Waals surface area contributed by atoms with Crippen LogP contribution in [-0.2, 0) is 0 Å². The third-order valence-corrected chi connectivity index (χ3v) is 3.23. The average Bonchev–Trinajstić information content (AvgIpc) is 2.46. The molecule has 2 aromatic rings. The zero-order chi connectivity index (χ0) is 15.2. The standard InChI is InChI=1S/C14H13BrFN3O2/c1-21-11-4-2-3-10(8-11)17-14(20)19-18-13-6-5-9(16)7-12(13)15/h2-8,18H,1H3,(H2,17,19,20). The molecule has 0 unspecified atom stereocenters. The van der Waals surface area contributed by atoms with Crippen LogP contribution in [0.3, 0.4) is 0 Å². The van der Waals surface area contributed by atoms with Gasteiger partial charge in [-0.05, 0) is 46.3 Å². The molecule has 110 valence electrons. The van der Waals surface area contributed by atoms with Crippen LogP contribution in [0.15, 0.2) is 46.9 Å². The molecule has 0 saturated carbocycles. The molecule has 0 saturated heterocycles. The Morgan fingerprint density at radius 1 is 1.24 bits per heavy atom. The van der Waals surface area contributed by atoms with Crippen LogP contribution in [0.25, 0.3) is 0 Å². The molecule has 0 bridgehead atoms. The highest BCUT2D eigenvalue weighted by Gasteiger charge is 2.05. The maximum Gasteiger partial charge on any atom is 0.337 e. The van der Waals surface area contributed by atoms with E-state index in [2.05, 4.69) is 32.1 Å². The number of carbonyl (C=O) groups excluding carboxylic acids is 1. The van der Waals surface area contributed by atoms with Crippen LogP contribution in [-0.4, -0.2) is 13.1 Å². The van der Waals surface area contributed by atoms with Gasteiger partial charge in [0.25, 0.3) is 0 Å². The molecule has 0 aromatic heterocycles. The van der Waals surface area contributed by atoms with Gasteiger partial charge in [0.05, 0.1) is 12.8 Å². The summed E-state index contributed by atoms with van der Waals surface area (Å²) in [6, 6.07) is 10.6. The lowest BCUT2D eigenvalue weighted by Gasteiger charge is -2.11. The fourth-order valence-corrected chi connectivity index (χ4v) is 2.03. The SMILES string of the molecule is COc1cccc(NC(=O)NNc2ccc(F)cc2Br)c1. The fourth-order valence-electron chi connectivity index (χ4n) is 1.58. The molecule has 3 N–H and O–H groups in total. The molecular formula is C14H13BrFN3O2. The Hall–Kier alpha value is -2.28. The third-order valence-electron chi connectivity index (χ3n) is 2.57. The number of amides is 2. The second-order valence-corrected chi connectivity index (χ2v) is 4.91. The predicted molar refractivity (Wildman–Crippen MR) is 82.9 cm³/mol. The lowest BCUT2D eigenvalue weighted by Crippen LogP contribution is -2.33. The molecular weight excluding hydrogens is 341 g/mol. The number of rotatable bonds is 4. The first kappa shape index (κ1) is 15.1. The maximum absolute atomic E-state index is 12.9. The van der Waals surface area contributed by atoms with Crippen LogP contribution < -0.4 is 20.9 Å². The minimum absolute atomic E-state index is 0.367. The zero-order valence-corrected chi connectivity index (χ0v) is 12.7. The van der Waals surface area contributed by atoms with Crippen molar-refractivity contribution in [1.29, 1.82) is 0 Å². The van der Waals surface area contributed by atoms with Gasteiger partial charge in [0.1, 0.15) is 11.6 Å². The molecule has 0 aliphatic rings. The predicted octanol–water partition coefficient (Wildman–Crippen LogP) is 3.75. The molecule has 0 aliphatic carbocycles. The Morgan fingerprint density at radius 3 is 2.76 bits per heavy atom. The number of hydrogen-bond donors (Lipinski definition) is 3. The molecule has 5 nitrogen and oxygen atoms in total. The molecule has 0 heterocycles. The molecule has 2 amide bonds. The highest BCUT2D eigenvalue weighted by Crippen LogP contribution is 2.22. The largest absolute Gasteiger partial charge is 0.497 e. The number of benzene rings is 2. The Kier molecular flexibility index (Phi) is 4.99. The lowest BCUT2D eigenvalue weighted by molar-refractivity contribution is 0.254. The average molecular weight is 354 g/mol. The maximum atomic E-state index is 12.9. The van der Waals surface area contributed by atoms with Crippen molar-refractivity contribution in [1.82, 2.24) is 5.43 Å². The Labute approximate surface area is 129 Å². The monoisotopic (exact) mass is 353 g/mol. The van der Waals surface area contributed by atoms with E-state index in [9.17, 15) is 9.18 Å². The van der Waals surface area contributed by atoms with Crippen molar-refractivity contribution in [2.75, 3.05) is 17.9 Å². The molecule has 21 heavy (non-hydrogen) atoms. The van der Waals surface area contributed by atoms with E-state index < -0.39 is 6.03 Å². The molecule has 0 atom stereocenters. The van der Waals surface area contributed by atoms with Gasteiger partial charge in [-0.1, -0.05) is 6.07 Å². The van der Waals surface area contributed by atoms with E-state index in [-0.39, 0.29) is 5.82 Å². The summed E-state index contributed by atoms with van der Waals surface area (Å²) in [6.45, 7) is 0. The first-order valence-corrected chi connectivity index (χ1v) is 6.80. The number of urea groups is 1. The summed E-state index contributed by atoms with van der Waals surface area (Å²) in [4.78, 5) is 11.7. The van der Waals surface area contributed by atoms with Gasteiger partial charge in [-0.2, -0.15) is 0 Å². The van der Waals surface area contributed by atoms with Crippen molar-refractivity contribution >= 4 is 33.3 Å². The fraction of sp³-hybridized carbons (Fsp3) is 0.0714. The third kappa shape index (κ3) is 4.35.